The summed E-state index contributed by atoms with van der Waals surface area (Å²) in [7, 11) is 0. The number of Topliss-reactive ketones (excluding diaryl/α,β-unsaturated/α-hetero) is 1. The largest absolute Gasteiger partial charge is 0.300 e. The van der Waals surface area contributed by atoms with Gasteiger partial charge in [0.05, 0.1) is 0 Å². The van der Waals surface area contributed by atoms with Crippen LogP contribution in [0, 0.1) is 40.4 Å². The average Bonchev–Trinajstić information content (AvgIpc) is 2.85. The molecule has 1 heteroatoms. The molecule has 0 aromatic carbocycles. The first-order valence-electron chi connectivity index (χ1n) is 10.1. The Labute approximate surface area is 142 Å². The standard InChI is InChI=1S/C22H34O/c1-5-15-6-7-18-20-14(2)12-16-13-17(23)8-10-22(16,4)19(20)9-11-21(15,18)3/h5,14,16,18-20H,6-13H2,1-4H3/b15-5-/t14?,16-,18-,19-,20?,21+,22-/m0/s1. The van der Waals surface area contributed by atoms with Crippen LogP contribution < -0.4 is 0 Å². The molecule has 0 N–H and O–H groups in total. The maximum atomic E-state index is 12.0. The molecule has 23 heavy (non-hydrogen) atoms. The molecule has 0 aliphatic heterocycles. The Hall–Kier alpha value is -0.590. The van der Waals surface area contributed by atoms with Gasteiger partial charge in [0.2, 0.25) is 0 Å². The Bertz CT molecular complexity index is 546. The second kappa shape index (κ2) is 5.20. The number of ketones is 1. The van der Waals surface area contributed by atoms with E-state index in [0.29, 0.717) is 22.5 Å². The van der Waals surface area contributed by atoms with Gasteiger partial charge in [-0.2, -0.15) is 0 Å². The summed E-state index contributed by atoms with van der Waals surface area (Å²) in [6.45, 7) is 9.89. The number of fused-ring (bicyclic) bond motifs is 5. The van der Waals surface area contributed by atoms with E-state index in [0.717, 1.165) is 36.5 Å². The number of hydrogen-bond donors (Lipinski definition) is 0. The van der Waals surface area contributed by atoms with E-state index in [1.54, 1.807) is 5.57 Å². The Kier molecular flexibility index (Phi) is 3.60. The monoisotopic (exact) mass is 314 g/mol. The molecule has 128 valence electrons. The lowest BCUT2D eigenvalue weighted by Crippen LogP contribution is -2.55. The van der Waals surface area contributed by atoms with Crippen molar-refractivity contribution < 1.29 is 4.79 Å². The van der Waals surface area contributed by atoms with E-state index in [1.165, 1.54) is 38.5 Å². The summed E-state index contributed by atoms with van der Waals surface area (Å²) in [6.07, 6.45) is 12.2. The summed E-state index contributed by atoms with van der Waals surface area (Å²) in [6, 6.07) is 0. The predicted molar refractivity (Wildman–Crippen MR) is 95.0 cm³/mol. The molecular weight excluding hydrogens is 280 g/mol. The van der Waals surface area contributed by atoms with E-state index in [4.69, 9.17) is 0 Å². The van der Waals surface area contributed by atoms with Crippen LogP contribution in [0.4, 0.5) is 0 Å². The zero-order valence-corrected chi connectivity index (χ0v) is 15.5. The number of carbonyl (C=O) groups excluding carboxylic acids is 1. The third kappa shape index (κ3) is 2.07. The lowest BCUT2D eigenvalue weighted by atomic mass is 9.43. The minimum atomic E-state index is 0.450. The fourth-order valence-electron chi connectivity index (χ4n) is 7.75. The third-order valence-corrected chi connectivity index (χ3v) is 9.04. The van der Waals surface area contributed by atoms with Crippen LogP contribution in [0.5, 0.6) is 0 Å². The van der Waals surface area contributed by atoms with Gasteiger partial charge in [-0.1, -0.05) is 32.4 Å². The quantitative estimate of drug-likeness (QED) is 0.517. The molecule has 0 saturated heterocycles. The second-order valence-electron chi connectivity index (χ2n) is 9.76. The van der Waals surface area contributed by atoms with Crippen molar-refractivity contribution in [2.75, 3.05) is 0 Å². The van der Waals surface area contributed by atoms with Gasteiger partial charge >= 0.3 is 0 Å². The van der Waals surface area contributed by atoms with Crippen LogP contribution in [0.1, 0.15) is 79.1 Å². The summed E-state index contributed by atoms with van der Waals surface area (Å²) in [5.74, 6) is 4.70. The molecule has 0 amide bonds. The molecule has 0 spiro atoms. The van der Waals surface area contributed by atoms with Crippen molar-refractivity contribution in [1.29, 1.82) is 0 Å². The van der Waals surface area contributed by atoms with Gasteiger partial charge in [-0.25, -0.2) is 0 Å². The van der Waals surface area contributed by atoms with Crippen LogP contribution in [0.3, 0.4) is 0 Å². The minimum absolute atomic E-state index is 0.450. The molecule has 4 aliphatic carbocycles. The second-order valence-corrected chi connectivity index (χ2v) is 9.76. The molecule has 0 aromatic rings. The average molecular weight is 315 g/mol. The molecule has 1 nitrogen and oxygen atoms in total. The van der Waals surface area contributed by atoms with Crippen molar-refractivity contribution in [3.63, 3.8) is 0 Å². The molecule has 0 heterocycles. The van der Waals surface area contributed by atoms with Crippen LogP contribution >= 0.6 is 0 Å². The van der Waals surface area contributed by atoms with Crippen LogP contribution in [-0.2, 0) is 4.79 Å². The molecule has 4 aliphatic rings. The Balaban J connectivity index is 1.70. The lowest BCUT2D eigenvalue weighted by Gasteiger charge is -2.61. The molecule has 4 rings (SSSR count). The highest BCUT2D eigenvalue weighted by molar-refractivity contribution is 5.79. The molecule has 0 aromatic heterocycles. The first kappa shape index (κ1) is 15.9. The molecule has 0 bridgehead atoms. The summed E-state index contributed by atoms with van der Waals surface area (Å²) < 4.78 is 0. The van der Waals surface area contributed by atoms with E-state index in [2.05, 4.69) is 33.8 Å². The van der Waals surface area contributed by atoms with Crippen LogP contribution in [0.2, 0.25) is 0 Å². The van der Waals surface area contributed by atoms with Gasteiger partial charge in [0.1, 0.15) is 5.78 Å². The van der Waals surface area contributed by atoms with Gasteiger partial charge in [0.25, 0.3) is 0 Å². The molecular formula is C22H34O. The molecule has 4 fully saturated rings. The number of carbonyl (C=O) groups is 1. The van der Waals surface area contributed by atoms with E-state index in [1.807, 2.05) is 0 Å². The topological polar surface area (TPSA) is 17.1 Å². The maximum absolute atomic E-state index is 12.0. The maximum Gasteiger partial charge on any atom is 0.133 e. The smallest absolute Gasteiger partial charge is 0.133 e. The van der Waals surface area contributed by atoms with E-state index < -0.39 is 0 Å². The predicted octanol–water partition coefficient (Wildman–Crippen LogP) is 5.79. The molecule has 2 unspecified atom stereocenters. The zero-order chi connectivity index (χ0) is 16.4. The van der Waals surface area contributed by atoms with E-state index in [9.17, 15) is 4.79 Å². The highest BCUT2D eigenvalue weighted by Crippen LogP contribution is 2.68. The first-order valence-corrected chi connectivity index (χ1v) is 10.1. The number of rotatable bonds is 0. The van der Waals surface area contributed by atoms with E-state index in [-0.39, 0.29) is 0 Å². The first-order chi connectivity index (χ1) is 10.9. The van der Waals surface area contributed by atoms with Crippen molar-refractivity contribution in [2.24, 2.45) is 40.4 Å². The molecule has 0 radical (unpaired) electrons. The third-order valence-electron chi connectivity index (χ3n) is 9.04. The number of hydrogen-bond acceptors (Lipinski definition) is 1. The normalized spacial score (nSPS) is 54.5. The summed E-state index contributed by atoms with van der Waals surface area (Å²) in [5.41, 5.74) is 2.68. The fourth-order valence-corrected chi connectivity index (χ4v) is 7.75. The molecule has 4 saturated carbocycles. The van der Waals surface area contributed by atoms with Crippen LogP contribution in [0.25, 0.3) is 0 Å². The summed E-state index contributed by atoms with van der Waals surface area (Å²) >= 11 is 0. The van der Waals surface area contributed by atoms with Gasteiger partial charge in [-0.05, 0) is 85.9 Å². The highest BCUT2D eigenvalue weighted by atomic mass is 16.1. The Morgan fingerprint density at radius 1 is 1.09 bits per heavy atom. The van der Waals surface area contributed by atoms with Gasteiger partial charge < -0.3 is 0 Å². The summed E-state index contributed by atoms with van der Waals surface area (Å²) in [5, 5.41) is 0. The highest BCUT2D eigenvalue weighted by Gasteiger charge is 2.60. The van der Waals surface area contributed by atoms with Gasteiger partial charge in [0, 0.05) is 12.8 Å². The van der Waals surface area contributed by atoms with Crippen molar-refractivity contribution in [1.82, 2.24) is 0 Å². The fraction of sp³-hybridized carbons (Fsp3) is 0.864. The van der Waals surface area contributed by atoms with Crippen molar-refractivity contribution in [3.8, 4) is 0 Å². The number of allylic oxidation sites excluding steroid dienone is 2. The lowest BCUT2D eigenvalue weighted by molar-refractivity contribution is -0.144. The summed E-state index contributed by atoms with van der Waals surface area (Å²) in [4.78, 5) is 12.0. The van der Waals surface area contributed by atoms with Gasteiger partial charge in [0.15, 0.2) is 0 Å². The minimum Gasteiger partial charge on any atom is -0.300 e. The van der Waals surface area contributed by atoms with Gasteiger partial charge in [-0.15, -0.1) is 0 Å². The molecule has 7 atom stereocenters. The SMILES string of the molecule is C/C=C1/CC[C@H]2C3C(C)C[C@H]4CC(=O)CC[C@]4(C)[C@H]3CC[C@]12C. The van der Waals surface area contributed by atoms with Crippen LogP contribution in [0.15, 0.2) is 11.6 Å². The van der Waals surface area contributed by atoms with Crippen molar-refractivity contribution in [2.45, 2.75) is 79.1 Å². The van der Waals surface area contributed by atoms with E-state index >= 15 is 0 Å². The van der Waals surface area contributed by atoms with Gasteiger partial charge in [-0.3, -0.25) is 4.79 Å². The van der Waals surface area contributed by atoms with Crippen molar-refractivity contribution >= 4 is 5.78 Å². The Morgan fingerprint density at radius 3 is 2.61 bits per heavy atom. The van der Waals surface area contributed by atoms with Crippen LogP contribution in [-0.4, -0.2) is 5.78 Å². The van der Waals surface area contributed by atoms with Crippen molar-refractivity contribution in [3.05, 3.63) is 11.6 Å². The zero-order valence-electron chi connectivity index (χ0n) is 15.5. The Morgan fingerprint density at radius 2 is 1.87 bits per heavy atom.